The van der Waals surface area contributed by atoms with Crippen LogP contribution in [-0.4, -0.2) is 142 Å². The zero-order valence-electron chi connectivity index (χ0n) is 19.2. The van der Waals surface area contributed by atoms with Crippen LogP contribution in [0, 0.1) is 0 Å². The van der Waals surface area contributed by atoms with Crippen molar-refractivity contribution in [1.29, 1.82) is 0 Å². The van der Waals surface area contributed by atoms with E-state index in [2.05, 4.69) is 6.58 Å². The first-order valence-corrected chi connectivity index (χ1v) is 10.9. The molecule has 0 spiro atoms. The second-order valence-electron chi connectivity index (χ2n) is 8.40. The minimum Gasteiger partial charge on any atom is -0.480 e. The predicted octanol–water partition coefficient (Wildman–Crippen LogP) is -0.729. The van der Waals surface area contributed by atoms with Gasteiger partial charge in [-0.25, -0.2) is 0 Å². The maximum Gasteiger partial charge on any atom is 0.320 e. The lowest BCUT2D eigenvalue weighted by atomic mass is 10.1. The molecule has 188 valence electrons. The number of carboxylic acid groups (broad SMARTS) is 4. The Bertz CT molecular complexity index is 670. The molecule has 1 fully saturated rings. The number of hydrogen-bond acceptors (Lipinski definition) is 8. The zero-order chi connectivity index (χ0) is 25.0. The molecule has 1 unspecified atom stereocenters. The van der Waals surface area contributed by atoms with Crippen molar-refractivity contribution < 1.29 is 39.6 Å². The van der Waals surface area contributed by atoms with E-state index in [1.165, 1.54) is 0 Å². The first-order chi connectivity index (χ1) is 15.5. The highest BCUT2D eigenvalue weighted by Gasteiger charge is 2.27. The van der Waals surface area contributed by atoms with E-state index in [4.69, 9.17) is 0 Å². The molecular formula is C21H36N4O8. The van der Waals surface area contributed by atoms with Gasteiger partial charge < -0.3 is 20.4 Å². The quantitative estimate of drug-likeness (QED) is 0.279. The van der Waals surface area contributed by atoms with E-state index in [0.717, 1.165) is 5.57 Å². The summed E-state index contributed by atoms with van der Waals surface area (Å²) in [5, 5.41) is 37.5. The van der Waals surface area contributed by atoms with Crippen molar-refractivity contribution in [3.8, 4) is 0 Å². The number of allylic oxidation sites excluding steroid dienone is 1. The maximum absolute atomic E-state index is 12.0. The maximum atomic E-state index is 12.0. The van der Waals surface area contributed by atoms with Crippen molar-refractivity contribution >= 4 is 23.9 Å². The molecule has 1 heterocycles. The number of carbonyl (C=O) groups is 4. The molecule has 12 nitrogen and oxygen atoms in total. The van der Waals surface area contributed by atoms with E-state index in [9.17, 15) is 39.6 Å². The third-order valence-electron chi connectivity index (χ3n) is 5.52. The summed E-state index contributed by atoms with van der Waals surface area (Å²) in [6.45, 7) is 7.19. The van der Waals surface area contributed by atoms with Crippen LogP contribution >= 0.6 is 0 Å². The molecule has 0 bridgehead atoms. The van der Waals surface area contributed by atoms with Crippen molar-refractivity contribution in [2.45, 2.75) is 25.8 Å². The van der Waals surface area contributed by atoms with Gasteiger partial charge in [-0.2, -0.15) is 0 Å². The third-order valence-corrected chi connectivity index (χ3v) is 5.52. The minimum absolute atomic E-state index is 0.240. The van der Waals surface area contributed by atoms with E-state index < -0.39 is 29.9 Å². The Morgan fingerprint density at radius 1 is 0.697 bits per heavy atom. The minimum atomic E-state index is -1.02. The van der Waals surface area contributed by atoms with E-state index in [1.807, 2.05) is 6.92 Å². The molecule has 0 aromatic rings. The van der Waals surface area contributed by atoms with Gasteiger partial charge in [-0.1, -0.05) is 5.57 Å². The van der Waals surface area contributed by atoms with Crippen molar-refractivity contribution in [3.05, 3.63) is 12.2 Å². The number of carboxylic acids is 4. The Balaban J connectivity index is 3.11. The molecule has 12 heteroatoms. The summed E-state index contributed by atoms with van der Waals surface area (Å²) in [4.78, 5) is 52.6. The fourth-order valence-corrected chi connectivity index (χ4v) is 3.76. The van der Waals surface area contributed by atoms with E-state index in [-0.39, 0.29) is 58.9 Å². The molecule has 0 radical (unpaired) electrons. The van der Waals surface area contributed by atoms with Crippen molar-refractivity contribution in [2.24, 2.45) is 0 Å². The molecule has 0 aromatic carbocycles. The second-order valence-corrected chi connectivity index (χ2v) is 8.40. The summed E-state index contributed by atoms with van der Waals surface area (Å²) in [5.41, 5.74) is 0.856. The molecule has 1 rings (SSSR count). The summed E-state index contributed by atoms with van der Waals surface area (Å²) in [6, 6.07) is -0.813. The molecule has 1 atom stereocenters. The topological polar surface area (TPSA) is 162 Å². The molecule has 1 aliphatic rings. The van der Waals surface area contributed by atoms with E-state index >= 15 is 0 Å². The highest BCUT2D eigenvalue weighted by atomic mass is 16.4. The summed E-state index contributed by atoms with van der Waals surface area (Å²) >= 11 is 0. The second kappa shape index (κ2) is 14.6. The largest absolute Gasteiger partial charge is 0.480 e. The van der Waals surface area contributed by atoms with Crippen LogP contribution in [0.4, 0.5) is 0 Å². The molecule has 4 N–H and O–H groups in total. The van der Waals surface area contributed by atoms with Crippen LogP contribution < -0.4 is 0 Å². The van der Waals surface area contributed by atoms with Crippen LogP contribution in [-0.2, 0) is 19.2 Å². The van der Waals surface area contributed by atoms with Gasteiger partial charge >= 0.3 is 23.9 Å². The average Bonchev–Trinajstić information content (AvgIpc) is 2.67. The first-order valence-electron chi connectivity index (χ1n) is 10.9. The summed E-state index contributed by atoms with van der Waals surface area (Å²) in [5.74, 6) is -4.07. The van der Waals surface area contributed by atoms with Crippen LogP contribution in [0.5, 0.6) is 0 Å². The molecular weight excluding hydrogens is 436 g/mol. The lowest BCUT2D eigenvalue weighted by Gasteiger charge is -2.35. The summed E-state index contributed by atoms with van der Waals surface area (Å²) in [7, 11) is 0. The number of nitrogens with zero attached hydrogens (tertiary/aromatic N) is 4. The van der Waals surface area contributed by atoms with Crippen LogP contribution in [0.2, 0.25) is 0 Å². The molecule has 1 aliphatic heterocycles. The lowest BCUT2D eigenvalue weighted by molar-refractivity contribution is -0.145. The normalized spacial score (nSPS) is 19.2. The Hall–Kier alpha value is -2.54. The number of rotatable bonds is 11. The standard InChI is InChI=1S/C21H36N4O8/c1-16(2)3-4-17(21(32)33)25-11-9-23(14-19(28)29)7-5-22(13-18(26)27)6-8-24(10-12-25)15-20(30)31/h17H,1,3-15H2,2H3,(H,26,27)(H,28,29)(H,30,31)(H,32,33). The highest BCUT2D eigenvalue weighted by molar-refractivity contribution is 5.73. The fourth-order valence-electron chi connectivity index (χ4n) is 3.76. The monoisotopic (exact) mass is 472 g/mol. The average molecular weight is 473 g/mol. The van der Waals surface area contributed by atoms with Gasteiger partial charge in [0.05, 0.1) is 19.6 Å². The Kier molecular flexibility index (Phi) is 12.6. The SMILES string of the molecule is C=C(C)CCC(C(=O)O)N1CCN(CC(=O)O)CCN(CC(=O)O)CCN(CC(=O)O)CC1. The Morgan fingerprint density at radius 2 is 1.03 bits per heavy atom. The smallest absolute Gasteiger partial charge is 0.320 e. The highest BCUT2D eigenvalue weighted by Crippen LogP contribution is 2.13. The van der Waals surface area contributed by atoms with Gasteiger partial charge in [0.1, 0.15) is 6.04 Å². The number of aliphatic carboxylic acids is 4. The van der Waals surface area contributed by atoms with Crippen LogP contribution in [0.1, 0.15) is 19.8 Å². The van der Waals surface area contributed by atoms with Crippen molar-refractivity contribution in [1.82, 2.24) is 19.6 Å². The van der Waals surface area contributed by atoms with Gasteiger partial charge in [-0.15, -0.1) is 6.58 Å². The summed E-state index contributed by atoms with van der Waals surface area (Å²) in [6.07, 6.45) is 0.865. The van der Waals surface area contributed by atoms with Gasteiger partial charge in [0.25, 0.3) is 0 Å². The van der Waals surface area contributed by atoms with Crippen LogP contribution in [0.25, 0.3) is 0 Å². The van der Waals surface area contributed by atoms with Crippen LogP contribution in [0.15, 0.2) is 12.2 Å². The van der Waals surface area contributed by atoms with Gasteiger partial charge in [0.2, 0.25) is 0 Å². The van der Waals surface area contributed by atoms with Crippen molar-refractivity contribution in [3.63, 3.8) is 0 Å². The third kappa shape index (κ3) is 12.3. The van der Waals surface area contributed by atoms with E-state index in [1.54, 1.807) is 19.6 Å². The zero-order valence-corrected chi connectivity index (χ0v) is 19.2. The predicted molar refractivity (Wildman–Crippen MR) is 119 cm³/mol. The number of hydrogen-bond donors (Lipinski definition) is 4. The van der Waals surface area contributed by atoms with Gasteiger partial charge in [0.15, 0.2) is 0 Å². The molecule has 33 heavy (non-hydrogen) atoms. The lowest BCUT2D eigenvalue weighted by Crippen LogP contribution is -2.51. The van der Waals surface area contributed by atoms with Gasteiger partial charge in [0, 0.05) is 52.4 Å². The molecule has 0 saturated carbocycles. The Morgan fingerprint density at radius 3 is 1.30 bits per heavy atom. The van der Waals surface area contributed by atoms with Crippen LogP contribution in [0.3, 0.4) is 0 Å². The van der Waals surface area contributed by atoms with Crippen molar-refractivity contribution in [2.75, 3.05) is 72.0 Å². The molecule has 0 amide bonds. The molecule has 0 aromatic heterocycles. The molecule has 0 aliphatic carbocycles. The van der Waals surface area contributed by atoms with Gasteiger partial charge in [-0.3, -0.25) is 38.8 Å². The summed E-state index contributed by atoms with van der Waals surface area (Å²) < 4.78 is 0. The van der Waals surface area contributed by atoms with Gasteiger partial charge in [-0.05, 0) is 19.8 Å². The molecule has 1 saturated heterocycles. The Labute approximate surface area is 193 Å². The first kappa shape index (κ1) is 28.5. The van der Waals surface area contributed by atoms with E-state index in [0.29, 0.717) is 25.9 Å². The fraction of sp³-hybridized carbons (Fsp3) is 0.714.